The van der Waals surface area contributed by atoms with E-state index in [1.807, 2.05) is 11.4 Å². The van der Waals surface area contributed by atoms with Gasteiger partial charge in [-0.05, 0) is 42.0 Å². The average Bonchev–Trinajstić information content (AvgIpc) is 2.33. The van der Waals surface area contributed by atoms with Crippen LogP contribution < -0.4 is 5.73 Å². The van der Waals surface area contributed by atoms with E-state index in [0.717, 1.165) is 14.8 Å². The van der Waals surface area contributed by atoms with Gasteiger partial charge in [-0.1, -0.05) is 0 Å². The van der Waals surface area contributed by atoms with Gasteiger partial charge in [0, 0.05) is 9.26 Å². The summed E-state index contributed by atoms with van der Waals surface area (Å²) < 4.78 is 2.97. The first-order valence-electron chi connectivity index (χ1n) is 3.86. The molecule has 0 aliphatic carbocycles. The van der Waals surface area contributed by atoms with Crippen molar-refractivity contribution in [3.8, 4) is 0 Å². The summed E-state index contributed by atoms with van der Waals surface area (Å²) in [5.41, 5.74) is 9.01. The van der Waals surface area contributed by atoms with Gasteiger partial charge in [-0.15, -0.1) is 0 Å². The van der Waals surface area contributed by atoms with Crippen LogP contribution in [-0.2, 0) is 0 Å². The second-order valence-corrected chi connectivity index (χ2v) is 4.01. The highest BCUT2D eigenvalue weighted by atomic mass is 127. The van der Waals surface area contributed by atoms with Crippen molar-refractivity contribution in [3.63, 3.8) is 0 Å². The third-order valence-corrected chi connectivity index (χ3v) is 3.54. The molecule has 0 saturated heterocycles. The zero-order valence-electron chi connectivity index (χ0n) is 7.37. The number of nitrogens with two attached hydrogens (primary N) is 1. The Morgan fingerprint density at radius 1 is 1.46 bits per heavy atom. The summed E-state index contributed by atoms with van der Waals surface area (Å²) in [7, 11) is 0. The number of rotatable bonds is 0. The van der Waals surface area contributed by atoms with E-state index < -0.39 is 0 Å². The van der Waals surface area contributed by atoms with Crippen molar-refractivity contribution < 1.29 is 0 Å². The number of halogens is 1. The maximum absolute atomic E-state index is 5.76. The zero-order valence-corrected chi connectivity index (χ0v) is 9.53. The lowest BCUT2D eigenvalue weighted by Crippen LogP contribution is -2.00. The molecule has 0 unspecified atom stereocenters. The van der Waals surface area contributed by atoms with Gasteiger partial charge in [0.25, 0.3) is 0 Å². The molecule has 0 aromatic carbocycles. The van der Waals surface area contributed by atoms with E-state index in [1.165, 1.54) is 11.9 Å². The van der Waals surface area contributed by atoms with Crippen molar-refractivity contribution in [1.29, 1.82) is 0 Å². The zero-order chi connectivity index (χ0) is 9.59. The van der Waals surface area contributed by atoms with Gasteiger partial charge in [-0.2, -0.15) is 5.10 Å². The van der Waals surface area contributed by atoms with E-state index in [-0.39, 0.29) is 0 Å². The van der Waals surface area contributed by atoms with Crippen LogP contribution in [0.5, 0.6) is 0 Å². The molecule has 0 bridgehead atoms. The summed E-state index contributed by atoms with van der Waals surface area (Å²) in [6.45, 7) is 4.09. The minimum absolute atomic E-state index is 0.538. The van der Waals surface area contributed by atoms with Crippen LogP contribution in [0.3, 0.4) is 0 Å². The van der Waals surface area contributed by atoms with Gasteiger partial charge >= 0.3 is 0 Å². The number of nitrogens with zero attached hydrogens (tertiary/aromatic N) is 3. The number of hydrogen-bond acceptors (Lipinski definition) is 3. The number of fused-ring (bicyclic) bond motifs is 1. The number of nitrogen functional groups attached to an aromatic ring is 1. The van der Waals surface area contributed by atoms with Gasteiger partial charge in [0.05, 0.1) is 0 Å². The molecule has 2 rings (SSSR count). The lowest BCUT2D eigenvalue weighted by atomic mass is 10.3. The average molecular weight is 288 g/mol. The number of anilines is 1. The first-order chi connectivity index (χ1) is 6.13. The summed E-state index contributed by atoms with van der Waals surface area (Å²) in [6, 6.07) is 0. The minimum atomic E-state index is 0.538. The Morgan fingerprint density at radius 3 is 2.77 bits per heavy atom. The molecule has 0 aliphatic heterocycles. The van der Waals surface area contributed by atoms with Crippen molar-refractivity contribution in [2.24, 2.45) is 0 Å². The standard InChI is InChI=1S/C8H9IN4/c1-4-5(2)13-7(6(4)9)8(10)11-3-12-13/h3H,1-2H3,(H2,10,11,12). The molecule has 0 saturated carbocycles. The number of aromatic nitrogens is 3. The van der Waals surface area contributed by atoms with Crippen LogP contribution in [0.15, 0.2) is 6.33 Å². The molecular formula is C8H9IN4. The van der Waals surface area contributed by atoms with E-state index in [9.17, 15) is 0 Å². The van der Waals surface area contributed by atoms with Gasteiger partial charge in [-0.3, -0.25) is 0 Å². The Labute approximate surface area is 89.3 Å². The van der Waals surface area contributed by atoms with Gasteiger partial charge < -0.3 is 5.73 Å². The van der Waals surface area contributed by atoms with E-state index in [0.29, 0.717) is 5.82 Å². The largest absolute Gasteiger partial charge is 0.382 e. The molecule has 2 aromatic rings. The maximum Gasteiger partial charge on any atom is 0.152 e. The van der Waals surface area contributed by atoms with E-state index >= 15 is 0 Å². The van der Waals surface area contributed by atoms with E-state index in [2.05, 4.69) is 39.6 Å². The summed E-state index contributed by atoms with van der Waals surface area (Å²) in [5.74, 6) is 0.538. The van der Waals surface area contributed by atoms with E-state index in [4.69, 9.17) is 5.73 Å². The van der Waals surface area contributed by atoms with Gasteiger partial charge in [0.15, 0.2) is 5.82 Å². The Hall–Kier alpha value is -0.850. The van der Waals surface area contributed by atoms with Gasteiger partial charge in [-0.25, -0.2) is 9.50 Å². The molecule has 0 spiro atoms. The predicted octanol–water partition coefficient (Wildman–Crippen LogP) is 1.53. The third kappa shape index (κ3) is 1.10. The van der Waals surface area contributed by atoms with Crippen LogP contribution in [-0.4, -0.2) is 14.6 Å². The summed E-state index contributed by atoms with van der Waals surface area (Å²) in [6.07, 6.45) is 1.48. The Kier molecular flexibility index (Phi) is 1.90. The van der Waals surface area contributed by atoms with Crippen molar-refractivity contribution >= 4 is 33.9 Å². The predicted molar refractivity (Wildman–Crippen MR) is 59.6 cm³/mol. The van der Waals surface area contributed by atoms with Crippen molar-refractivity contribution in [2.45, 2.75) is 13.8 Å². The summed E-state index contributed by atoms with van der Waals surface area (Å²) in [4.78, 5) is 3.96. The SMILES string of the molecule is Cc1c(I)c2c(N)ncnn2c1C. The molecular weight excluding hydrogens is 279 g/mol. The quantitative estimate of drug-likeness (QED) is 0.748. The third-order valence-electron chi connectivity index (χ3n) is 2.22. The molecule has 0 atom stereocenters. The lowest BCUT2D eigenvalue weighted by Gasteiger charge is -1.97. The number of aryl methyl sites for hydroxylation is 1. The molecule has 5 heteroatoms. The molecule has 2 heterocycles. The molecule has 4 nitrogen and oxygen atoms in total. The minimum Gasteiger partial charge on any atom is -0.382 e. The van der Waals surface area contributed by atoms with Crippen LogP contribution in [0.25, 0.3) is 5.52 Å². The Bertz CT molecular complexity index is 474. The first kappa shape index (κ1) is 8.74. The highest BCUT2D eigenvalue weighted by Crippen LogP contribution is 2.25. The van der Waals surface area contributed by atoms with Crippen molar-refractivity contribution in [2.75, 3.05) is 5.73 Å². The molecule has 0 aliphatic rings. The van der Waals surface area contributed by atoms with Crippen molar-refractivity contribution in [3.05, 3.63) is 21.2 Å². The fraction of sp³-hybridized carbons (Fsp3) is 0.250. The van der Waals surface area contributed by atoms with Crippen LogP contribution in [0.2, 0.25) is 0 Å². The van der Waals surface area contributed by atoms with Crippen molar-refractivity contribution in [1.82, 2.24) is 14.6 Å². The molecule has 0 amide bonds. The van der Waals surface area contributed by atoms with Gasteiger partial charge in [0.2, 0.25) is 0 Å². The summed E-state index contributed by atoms with van der Waals surface area (Å²) >= 11 is 2.27. The smallest absolute Gasteiger partial charge is 0.152 e. The van der Waals surface area contributed by atoms with Crippen LogP contribution in [0, 0.1) is 17.4 Å². The highest BCUT2D eigenvalue weighted by molar-refractivity contribution is 14.1. The Morgan fingerprint density at radius 2 is 2.15 bits per heavy atom. The lowest BCUT2D eigenvalue weighted by molar-refractivity contribution is 0.871. The topological polar surface area (TPSA) is 56.2 Å². The monoisotopic (exact) mass is 288 g/mol. The fourth-order valence-electron chi connectivity index (χ4n) is 1.32. The van der Waals surface area contributed by atoms with Crippen LogP contribution in [0.1, 0.15) is 11.3 Å². The Balaban J connectivity index is 3.03. The molecule has 13 heavy (non-hydrogen) atoms. The second-order valence-electron chi connectivity index (χ2n) is 2.93. The molecule has 68 valence electrons. The molecule has 2 N–H and O–H groups in total. The highest BCUT2D eigenvalue weighted by Gasteiger charge is 2.12. The first-order valence-corrected chi connectivity index (χ1v) is 4.94. The molecule has 0 radical (unpaired) electrons. The normalized spacial score (nSPS) is 11.0. The van der Waals surface area contributed by atoms with Crippen LogP contribution >= 0.6 is 22.6 Å². The fourth-order valence-corrected chi connectivity index (χ4v) is 2.22. The van der Waals surface area contributed by atoms with Crippen LogP contribution in [0.4, 0.5) is 5.82 Å². The number of hydrogen-bond donors (Lipinski definition) is 1. The molecule has 0 fully saturated rings. The van der Waals surface area contributed by atoms with E-state index in [1.54, 1.807) is 0 Å². The second kappa shape index (κ2) is 2.83. The maximum atomic E-state index is 5.76. The summed E-state index contributed by atoms with van der Waals surface area (Å²) in [5, 5.41) is 4.14. The molecule has 2 aromatic heterocycles. The van der Waals surface area contributed by atoms with Gasteiger partial charge in [0.1, 0.15) is 11.8 Å².